The minimum atomic E-state index is -0.955. The van der Waals surface area contributed by atoms with Gasteiger partial charge in [-0.2, -0.15) is 0 Å². The summed E-state index contributed by atoms with van der Waals surface area (Å²) in [5.41, 5.74) is 4.63. The molecule has 3 atom stereocenters. The average molecular weight is 396 g/mol. The molecule has 0 aliphatic carbocycles. The number of carbonyl (C=O) groups excluding carboxylic acids is 1. The largest absolute Gasteiger partial charge is 0.508 e. The molecule has 2 unspecified atom stereocenters. The van der Waals surface area contributed by atoms with E-state index in [2.05, 4.69) is 5.32 Å². The highest BCUT2D eigenvalue weighted by molar-refractivity contribution is 5.92. The van der Waals surface area contributed by atoms with Gasteiger partial charge in [-0.1, -0.05) is 24.3 Å². The highest BCUT2D eigenvalue weighted by Crippen LogP contribution is 2.30. The molecule has 6 heteroatoms. The van der Waals surface area contributed by atoms with Crippen molar-refractivity contribution >= 4 is 11.8 Å². The molecular formula is C23H28N2O4. The van der Waals surface area contributed by atoms with Crippen molar-refractivity contribution in [3.63, 3.8) is 0 Å². The third-order valence-electron chi connectivity index (χ3n) is 5.77. The van der Waals surface area contributed by atoms with E-state index in [0.29, 0.717) is 12.8 Å². The first-order chi connectivity index (χ1) is 13.7. The molecule has 0 radical (unpaired) electrons. The highest BCUT2D eigenvalue weighted by atomic mass is 16.4. The highest BCUT2D eigenvalue weighted by Gasteiger charge is 2.37. The summed E-state index contributed by atoms with van der Waals surface area (Å²) in [7, 11) is 3.72. The number of ketones is 1. The number of likely N-dealkylation sites (N-methyl/N-ethyl adjacent to an activating group) is 1. The van der Waals surface area contributed by atoms with E-state index in [1.54, 1.807) is 12.1 Å². The van der Waals surface area contributed by atoms with Crippen LogP contribution in [0.15, 0.2) is 36.4 Å². The fourth-order valence-corrected chi connectivity index (χ4v) is 4.18. The molecule has 0 saturated heterocycles. The van der Waals surface area contributed by atoms with Crippen LogP contribution in [0, 0.1) is 13.8 Å². The van der Waals surface area contributed by atoms with Gasteiger partial charge in [-0.25, -0.2) is 0 Å². The Labute approximate surface area is 171 Å². The fraction of sp³-hybridized carbons (Fsp3) is 0.391. The van der Waals surface area contributed by atoms with Crippen molar-refractivity contribution in [1.82, 2.24) is 10.2 Å². The number of aliphatic carboxylic acids is 1. The molecule has 1 heterocycles. The van der Waals surface area contributed by atoms with Gasteiger partial charge in [0, 0.05) is 0 Å². The van der Waals surface area contributed by atoms with Crippen LogP contribution in [-0.4, -0.2) is 53.0 Å². The second-order valence-corrected chi connectivity index (χ2v) is 8.04. The van der Waals surface area contributed by atoms with Crippen molar-refractivity contribution in [2.75, 3.05) is 14.1 Å². The van der Waals surface area contributed by atoms with Crippen LogP contribution in [0.25, 0.3) is 0 Å². The molecule has 1 aliphatic heterocycles. The molecule has 1 aliphatic rings. The van der Waals surface area contributed by atoms with Gasteiger partial charge in [0.25, 0.3) is 0 Å². The monoisotopic (exact) mass is 396 g/mol. The predicted molar refractivity (Wildman–Crippen MR) is 111 cm³/mol. The minimum absolute atomic E-state index is 0.0553. The van der Waals surface area contributed by atoms with Gasteiger partial charge >= 0.3 is 5.97 Å². The lowest BCUT2D eigenvalue weighted by atomic mass is 9.84. The topological polar surface area (TPSA) is 89.9 Å². The van der Waals surface area contributed by atoms with Crippen molar-refractivity contribution in [2.24, 2.45) is 0 Å². The number of phenolic OH excluding ortho intramolecular Hbond substituents is 1. The number of benzene rings is 2. The Morgan fingerprint density at radius 3 is 2.38 bits per heavy atom. The van der Waals surface area contributed by atoms with Crippen LogP contribution in [0.5, 0.6) is 5.75 Å². The number of carboxylic acids is 1. The molecule has 29 heavy (non-hydrogen) atoms. The van der Waals surface area contributed by atoms with Gasteiger partial charge in [0.05, 0.1) is 12.1 Å². The molecule has 0 fully saturated rings. The second-order valence-electron chi connectivity index (χ2n) is 8.04. The standard InChI is InChI=1S/C23H28N2O4/c1-13-9-16(26)10-14(2)18(13)12-20(25(3)4)22(27)21-17-8-6-5-7-15(17)11-19(24-21)23(28)29/h5-10,19-21,24,26H,11-12H2,1-4H3,(H,28,29)/t19?,20-,21?/m0/s1. The number of carboxylic acid groups (broad SMARTS) is 1. The maximum absolute atomic E-state index is 13.6. The molecule has 0 saturated carbocycles. The number of aromatic hydroxyl groups is 1. The predicted octanol–water partition coefficient (Wildman–Crippen LogP) is 2.39. The molecule has 2 aromatic carbocycles. The number of carbonyl (C=O) groups is 2. The molecule has 0 aromatic heterocycles. The maximum Gasteiger partial charge on any atom is 0.321 e. The second kappa shape index (κ2) is 8.35. The van der Waals surface area contributed by atoms with E-state index in [1.807, 2.05) is 57.1 Å². The number of nitrogens with one attached hydrogen (secondary N) is 1. The zero-order valence-electron chi connectivity index (χ0n) is 17.3. The van der Waals surface area contributed by atoms with Crippen LogP contribution >= 0.6 is 0 Å². The van der Waals surface area contributed by atoms with Gasteiger partial charge in [-0.3, -0.25) is 19.8 Å². The molecule has 154 valence electrons. The number of rotatable bonds is 6. The Balaban J connectivity index is 1.96. The van der Waals surface area contributed by atoms with Gasteiger partial charge in [0.2, 0.25) is 0 Å². The molecule has 0 spiro atoms. The van der Waals surface area contributed by atoms with Gasteiger partial charge < -0.3 is 10.2 Å². The SMILES string of the molecule is Cc1cc(O)cc(C)c1C[C@@H](C(=O)C1NC(C(=O)O)Cc2ccccc21)N(C)C. The Bertz CT molecular complexity index is 915. The molecule has 0 bridgehead atoms. The molecule has 3 rings (SSSR count). The van der Waals surface area contributed by atoms with Crippen molar-refractivity contribution in [3.8, 4) is 5.75 Å². The van der Waals surface area contributed by atoms with Crippen LogP contribution < -0.4 is 5.32 Å². The molecule has 3 N–H and O–H groups in total. The summed E-state index contributed by atoms with van der Waals surface area (Å²) >= 11 is 0. The first-order valence-corrected chi connectivity index (χ1v) is 9.75. The number of fused-ring (bicyclic) bond motifs is 1. The van der Waals surface area contributed by atoms with E-state index in [1.165, 1.54) is 0 Å². The average Bonchev–Trinajstić information content (AvgIpc) is 2.65. The summed E-state index contributed by atoms with van der Waals surface area (Å²) in [6, 6.07) is 9.04. The molecule has 2 aromatic rings. The third kappa shape index (κ3) is 4.33. The first kappa shape index (κ1) is 21.0. The number of nitrogens with zero attached hydrogens (tertiary/aromatic N) is 1. The Morgan fingerprint density at radius 1 is 1.17 bits per heavy atom. The summed E-state index contributed by atoms with van der Waals surface area (Å²) in [4.78, 5) is 27.1. The van der Waals surface area contributed by atoms with Crippen molar-refractivity contribution in [2.45, 2.75) is 44.8 Å². The number of hydrogen-bond donors (Lipinski definition) is 3. The number of Topliss-reactive ketones (excluding diaryl/α,β-unsaturated/α-hetero) is 1. The molecule has 6 nitrogen and oxygen atoms in total. The van der Waals surface area contributed by atoms with Crippen molar-refractivity contribution in [1.29, 1.82) is 0 Å². The number of phenols is 1. The summed E-state index contributed by atoms with van der Waals surface area (Å²) in [5, 5.41) is 22.4. The lowest BCUT2D eigenvalue weighted by molar-refractivity contribution is -0.140. The van der Waals surface area contributed by atoms with E-state index >= 15 is 0 Å². The smallest absolute Gasteiger partial charge is 0.321 e. The molecule has 0 amide bonds. The van der Waals surface area contributed by atoms with E-state index in [9.17, 15) is 19.8 Å². The zero-order chi connectivity index (χ0) is 21.3. The van der Waals surface area contributed by atoms with Gasteiger partial charge in [-0.15, -0.1) is 0 Å². The number of hydrogen-bond acceptors (Lipinski definition) is 5. The lowest BCUT2D eigenvalue weighted by Crippen LogP contribution is -2.51. The first-order valence-electron chi connectivity index (χ1n) is 9.75. The Kier molecular flexibility index (Phi) is 6.05. The minimum Gasteiger partial charge on any atom is -0.508 e. The van der Waals surface area contributed by atoms with Crippen LogP contribution in [0.2, 0.25) is 0 Å². The number of aryl methyl sites for hydroxylation is 2. The quantitative estimate of drug-likeness (QED) is 0.695. The van der Waals surface area contributed by atoms with Crippen molar-refractivity contribution in [3.05, 3.63) is 64.2 Å². The zero-order valence-corrected chi connectivity index (χ0v) is 17.3. The third-order valence-corrected chi connectivity index (χ3v) is 5.77. The summed E-state index contributed by atoms with van der Waals surface area (Å²) < 4.78 is 0. The van der Waals surface area contributed by atoms with Crippen LogP contribution in [0.3, 0.4) is 0 Å². The van der Waals surface area contributed by atoms with Crippen molar-refractivity contribution < 1.29 is 19.8 Å². The normalized spacial score (nSPS) is 19.6. The van der Waals surface area contributed by atoms with E-state index in [-0.39, 0.29) is 11.5 Å². The van der Waals surface area contributed by atoms with Crippen LogP contribution in [0.4, 0.5) is 0 Å². The lowest BCUT2D eigenvalue weighted by Gasteiger charge is -2.34. The molecular weight excluding hydrogens is 368 g/mol. The summed E-state index contributed by atoms with van der Waals surface area (Å²) in [5.74, 6) is -0.798. The van der Waals surface area contributed by atoms with E-state index < -0.39 is 24.1 Å². The van der Waals surface area contributed by atoms with Gasteiger partial charge in [0.1, 0.15) is 11.8 Å². The fourth-order valence-electron chi connectivity index (χ4n) is 4.18. The van der Waals surface area contributed by atoms with Crippen LogP contribution in [0.1, 0.15) is 33.9 Å². The van der Waals surface area contributed by atoms with E-state index in [0.717, 1.165) is 27.8 Å². The van der Waals surface area contributed by atoms with Crippen LogP contribution in [-0.2, 0) is 22.4 Å². The Hall–Kier alpha value is -2.70. The van der Waals surface area contributed by atoms with Gasteiger partial charge in [0.15, 0.2) is 5.78 Å². The maximum atomic E-state index is 13.6. The van der Waals surface area contributed by atoms with Gasteiger partial charge in [-0.05, 0) is 80.7 Å². The summed E-state index contributed by atoms with van der Waals surface area (Å²) in [6.07, 6.45) is 0.847. The Morgan fingerprint density at radius 2 is 1.79 bits per heavy atom. The summed E-state index contributed by atoms with van der Waals surface area (Å²) in [6.45, 7) is 3.85. The van der Waals surface area contributed by atoms with E-state index in [4.69, 9.17) is 0 Å².